The lowest BCUT2D eigenvalue weighted by molar-refractivity contribution is -0.384. The Morgan fingerprint density at radius 3 is 2.42 bits per heavy atom. The number of amides is 1. The number of aromatic nitrogens is 1. The average molecular weight is 502 g/mol. The molecular weight excluding hydrogens is 482 g/mol. The molecule has 0 bridgehead atoms. The number of methoxy groups -OCH3 is 1. The van der Waals surface area contributed by atoms with Gasteiger partial charge in [-0.25, -0.2) is 4.98 Å². The third-order valence-electron chi connectivity index (χ3n) is 5.97. The van der Waals surface area contributed by atoms with Crippen LogP contribution in [0.5, 0.6) is 5.75 Å². The molecule has 2 heterocycles. The molecule has 1 atom stereocenters. The van der Waals surface area contributed by atoms with Crippen LogP contribution in [0.1, 0.15) is 22.7 Å². The Bertz CT molecular complexity index is 1560. The number of Topliss-reactive ketones (excluding diaryl/α,β-unsaturated/α-hetero) is 1. The largest absolute Gasteiger partial charge is 0.507 e. The Balaban J connectivity index is 1.70. The number of non-ortho nitro benzene ring substituents is 1. The van der Waals surface area contributed by atoms with E-state index in [9.17, 15) is 24.8 Å². The van der Waals surface area contributed by atoms with Crippen molar-refractivity contribution >= 4 is 49.8 Å². The van der Waals surface area contributed by atoms with Crippen LogP contribution in [0.3, 0.4) is 0 Å². The summed E-state index contributed by atoms with van der Waals surface area (Å²) in [4.78, 5) is 43.1. The highest BCUT2D eigenvalue weighted by molar-refractivity contribution is 7.22. The molecule has 180 valence electrons. The molecule has 4 aromatic rings. The van der Waals surface area contributed by atoms with Crippen LogP contribution in [0.4, 0.5) is 10.8 Å². The zero-order valence-corrected chi connectivity index (χ0v) is 20.0. The number of ketones is 1. The summed E-state index contributed by atoms with van der Waals surface area (Å²) in [5.41, 5.74) is 2.16. The number of anilines is 1. The number of hydrogen-bond donors (Lipinski definition) is 1. The summed E-state index contributed by atoms with van der Waals surface area (Å²) >= 11 is 1.25. The third kappa shape index (κ3) is 3.87. The number of ether oxygens (including phenoxy) is 1. The SMILES string of the molecule is COc1ccc(/C(O)=C2\C(=O)C(=O)N(c3nc4ccc(C)cc4s3)[C@@H]2c2ccc([N+](=O)[O-])cc2)cc1. The molecule has 5 rings (SSSR count). The van der Waals surface area contributed by atoms with Gasteiger partial charge in [0.2, 0.25) is 0 Å². The van der Waals surface area contributed by atoms with E-state index in [4.69, 9.17) is 4.74 Å². The number of fused-ring (bicyclic) bond motifs is 1. The van der Waals surface area contributed by atoms with Gasteiger partial charge in [-0.15, -0.1) is 0 Å². The summed E-state index contributed by atoms with van der Waals surface area (Å²) in [5.74, 6) is -1.52. The van der Waals surface area contributed by atoms with Gasteiger partial charge in [-0.2, -0.15) is 0 Å². The van der Waals surface area contributed by atoms with Crippen molar-refractivity contribution in [3.05, 3.63) is 99.1 Å². The second-order valence-electron chi connectivity index (χ2n) is 8.21. The fraction of sp³-hybridized carbons (Fsp3) is 0.115. The van der Waals surface area contributed by atoms with Gasteiger partial charge >= 0.3 is 5.91 Å². The fourth-order valence-corrected chi connectivity index (χ4v) is 5.24. The lowest BCUT2D eigenvalue weighted by Gasteiger charge is -2.22. The van der Waals surface area contributed by atoms with Gasteiger partial charge in [0, 0.05) is 17.7 Å². The maximum atomic E-state index is 13.3. The Hall–Kier alpha value is -4.57. The highest BCUT2D eigenvalue weighted by Crippen LogP contribution is 2.44. The van der Waals surface area contributed by atoms with E-state index in [0.717, 1.165) is 10.3 Å². The first-order valence-electron chi connectivity index (χ1n) is 10.9. The normalized spacial score (nSPS) is 17.1. The minimum absolute atomic E-state index is 0.130. The minimum Gasteiger partial charge on any atom is -0.507 e. The predicted molar refractivity (Wildman–Crippen MR) is 135 cm³/mol. The van der Waals surface area contributed by atoms with E-state index < -0.39 is 22.7 Å². The number of carbonyl (C=O) groups is 2. The lowest BCUT2D eigenvalue weighted by Crippen LogP contribution is -2.29. The van der Waals surface area contributed by atoms with Gasteiger partial charge < -0.3 is 9.84 Å². The quantitative estimate of drug-likeness (QED) is 0.132. The molecule has 0 aliphatic carbocycles. The number of nitro benzene ring substituents is 1. The molecule has 36 heavy (non-hydrogen) atoms. The van der Waals surface area contributed by atoms with Crippen molar-refractivity contribution in [3.63, 3.8) is 0 Å². The summed E-state index contributed by atoms with van der Waals surface area (Å²) in [6.07, 6.45) is 0. The van der Waals surface area contributed by atoms with Gasteiger partial charge in [0.05, 0.1) is 33.9 Å². The zero-order chi connectivity index (χ0) is 25.6. The number of hydrogen-bond acceptors (Lipinski definition) is 8. The molecule has 0 spiro atoms. The summed E-state index contributed by atoms with van der Waals surface area (Å²) in [6, 6.07) is 16.6. The molecule has 1 fully saturated rings. The molecule has 1 aliphatic heterocycles. The van der Waals surface area contributed by atoms with Gasteiger partial charge in [-0.1, -0.05) is 17.4 Å². The Labute approximate surface area is 209 Å². The van der Waals surface area contributed by atoms with E-state index >= 15 is 0 Å². The second-order valence-corrected chi connectivity index (χ2v) is 9.22. The van der Waals surface area contributed by atoms with E-state index in [-0.39, 0.29) is 22.2 Å². The van der Waals surface area contributed by atoms with Crippen LogP contribution in [0.2, 0.25) is 0 Å². The van der Waals surface area contributed by atoms with Gasteiger partial charge in [0.25, 0.3) is 11.5 Å². The second kappa shape index (κ2) is 8.90. The minimum atomic E-state index is -1.03. The van der Waals surface area contributed by atoms with Crippen LogP contribution in [-0.2, 0) is 9.59 Å². The molecule has 1 saturated heterocycles. The standard InChI is InChI=1S/C26H19N3O6S/c1-14-3-12-19-20(13-14)36-26(27-19)28-22(15-4-8-17(9-5-15)29(33)34)21(24(31)25(28)32)23(30)16-6-10-18(35-2)11-7-16/h3-13,22,30H,1-2H3/b23-21+/t22-/m1/s1. The smallest absolute Gasteiger partial charge is 0.301 e. The highest BCUT2D eigenvalue weighted by atomic mass is 32.1. The fourth-order valence-electron chi connectivity index (χ4n) is 4.15. The summed E-state index contributed by atoms with van der Waals surface area (Å²) in [7, 11) is 1.51. The Morgan fingerprint density at radius 1 is 1.08 bits per heavy atom. The van der Waals surface area contributed by atoms with E-state index in [1.54, 1.807) is 24.3 Å². The first-order valence-corrected chi connectivity index (χ1v) is 11.7. The zero-order valence-electron chi connectivity index (χ0n) is 19.2. The number of aliphatic hydroxyl groups is 1. The highest BCUT2D eigenvalue weighted by Gasteiger charge is 2.48. The summed E-state index contributed by atoms with van der Waals surface area (Å²) in [5, 5.41) is 22.7. The van der Waals surface area contributed by atoms with E-state index in [2.05, 4.69) is 4.98 Å². The monoisotopic (exact) mass is 501 g/mol. The van der Waals surface area contributed by atoms with Crippen molar-refractivity contribution in [2.45, 2.75) is 13.0 Å². The van der Waals surface area contributed by atoms with E-state index in [0.29, 0.717) is 22.4 Å². The molecule has 0 saturated carbocycles. The van der Waals surface area contributed by atoms with Gasteiger partial charge in [-0.05, 0) is 66.6 Å². The van der Waals surface area contributed by atoms with Crippen LogP contribution in [0, 0.1) is 17.0 Å². The van der Waals surface area contributed by atoms with Crippen molar-refractivity contribution in [3.8, 4) is 5.75 Å². The number of aliphatic hydroxyl groups excluding tert-OH is 1. The topological polar surface area (TPSA) is 123 Å². The lowest BCUT2D eigenvalue weighted by atomic mass is 9.95. The van der Waals surface area contributed by atoms with Gasteiger partial charge in [-0.3, -0.25) is 24.6 Å². The van der Waals surface area contributed by atoms with Crippen molar-refractivity contribution < 1.29 is 24.4 Å². The summed E-state index contributed by atoms with van der Waals surface area (Å²) < 4.78 is 5.99. The molecule has 1 amide bonds. The number of rotatable bonds is 5. The molecular formula is C26H19N3O6S. The molecule has 10 heteroatoms. The van der Waals surface area contributed by atoms with Crippen LogP contribution < -0.4 is 9.64 Å². The van der Waals surface area contributed by atoms with Crippen LogP contribution in [0.25, 0.3) is 16.0 Å². The molecule has 9 nitrogen and oxygen atoms in total. The third-order valence-corrected chi connectivity index (χ3v) is 6.98. The van der Waals surface area contributed by atoms with Crippen LogP contribution in [0.15, 0.2) is 72.3 Å². The predicted octanol–water partition coefficient (Wildman–Crippen LogP) is 5.15. The number of aryl methyl sites for hydroxylation is 1. The molecule has 0 radical (unpaired) electrons. The number of nitrogens with zero attached hydrogens (tertiary/aromatic N) is 3. The Kier molecular flexibility index (Phi) is 5.73. The maximum Gasteiger partial charge on any atom is 0.301 e. The van der Waals surface area contributed by atoms with Crippen molar-refractivity contribution in [2.75, 3.05) is 12.0 Å². The first-order chi connectivity index (χ1) is 17.3. The average Bonchev–Trinajstić information content (AvgIpc) is 3.41. The molecule has 0 unspecified atom stereocenters. The summed E-state index contributed by atoms with van der Waals surface area (Å²) in [6.45, 7) is 1.94. The number of nitro groups is 1. The van der Waals surface area contributed by atoms with Crippen molar-refractivity contribution in [1.82, 2.24) is 4.98 Å². The molecule has 1 N–H and O–H groups in total. The molecule has 1 aliphatic rings. The van der Waals surface area contributed by atoms with Crippen molar-refractivity contribution in [1.29, 1.82) is 0 Å². The molecule has 1 aromatic heterocycles. The Morgan fingerprint density at radius 2 is 1.78 bits per heavy atom. The van der Waals surface area contributed by atoms with Gasteiger partial charge in [0.15, 0.2) is 5.13 Å². The maximum absolute atomic E-state index is 13.3. The molecule has 3 aromatic carbocycles. The van der Waals surface area contributed by atoms with E-state index in [1.807, 2.05) is 25.1 Å². The van der Waals surface area contributed by atoms with Crippen LogP contribution >= 0.6 is 11.3 Å². The van der Waals surface area contributed by atoms with Gasteiger partial charge in [0.1, 0.15) is 11.5 Å². The number of thiazole rings is 1. The van der Waals surface area contributed by atoms with E-state index in [1.165, 1.54) is 47.6 Å². The number of benzene rings is 3. The van der Waals surface area contributed by atoms with Crippen molar-refractivity contribution in [2.24, 2.45) is 0 Å². The van der Waals surface area contributed by atoms with Crippen LogP contribution in [-0.4, -0.2) is 33.8 Å². The number of carbonyl (C=O) groups excluding carboxylic acids is 2. The first kappa shape index (κ1) is 23.2.